The van der Waals surface area contributed by atoms with Crippen molar-refractivity contribution < 1.29 is 18.7 Å². The summed E-state index contributed by atoms with van der Waals surface area (Å²) in [4.78, 5) is 34.6. The van der Waals surface area contributed by atoms with E-state index in [0.717, 1.165) is 4.88 Å². The number of amides is 2. The maximum Gasteiger partial charge on any atom is 0.261 e. The van der Waals surface area contributed by atoms with Gasteiger partial charge in [0, 0.05) is 5.38 Å². The Balaban J connectivity index is 1.43. The number of aromatic nitrogens is 2. The molecule has 7 nitrogen and oxygen atoms in total. The van der Waals surface area contributed by atoms with Crippen LogP contribution in [0.1, 0.15) is 21.6 Å². The molecule has 2 amide bonds. The average molecular weight is 483 g/mol. The van der Waals surface area contributed by atoms with Crippen LogP contribution in [0.15, 0.2) is 53.9 Å². The van der Waals surface area contributed by atoms with E-state index in [9.17, 15) is 14.0 Å². The molecule has 0 fully saturated rings. The van der Waals surface area contributed by atoms with Crippen LogP contribution in [0.4, 0.5) is 14.7 Å². The molecule has 0 radical (unpaired) electrons. The summed E-state index contributed by atoms with van der Waals surface area (Å²) in [6, 6.07) is 12.7. The molecular formula is C23H19FN4O3S2. The Bertz CT molecular complexity index is 1300. The van der Waals surface area contributed by atoms with Crippen molar-refractivity contribution in [2.75, 3.05) is 17.7 Å². The molecule has 0 spiro atoms. The molecule has 0 bridgehead atoms. The molecule has 168 valence electrons. The fourth-order valence-electron chi connectivity index (χ4n) is 3.07. The lowest BCUT2D eigenvalue weighted by Crippen LogP contribution is -2.14. The molecular weight excluding hydrogens is 463 g/mol. The van der Waals surface area contributed by atoms with Crippen LogP contribution in [0.25, 0.3) is 10.6 Å². The van der Waals surface area contributed by atoms with Crippen molar-refractivity contribution in [3.05, 3.63) is 76.5 Å². The van der Waals surface area contributed by atoms with Crippen LogP contribution in [0.2, 0.25) is 0 Å². The lowest BCUT2D eigenvalue weighted by atomic mass is 10.1. The monoisotopic (exact) mass is 482 g/mol. The number of hydrogen-bond acceptors (Lipinski definition) is 7. The standard InChI is InChI=1S/C23H19FN4O3S2/c1-13-20(33-23(25-13)28-21(30)16-5-3-4-6-18(16)31-2)17-12-32-22(26-17)27-19(29)11-14-7-9-15(24)10-8-14/h3-10,12H,11H2,1-2H3,(H,25,28,30)(H,26,27,29). The second kappa shape index (κ2) is 9.88. The summed E-state index contributed by atoms with van der Waals surface area (Å²) in [5.74, 6) is -0.431. The van der Waals surface area contributed by atoms with Crippen LogP contribution < -0.4 is 15.4 Å². The lowest BCUT2D eigenvalue weighted by molar-refractivity contribution is -0.115. The van der Waals surface area contributed by atoms with E-state index in [-0.39, 0.29) is 24.1 Å². The van der Waals surface area contributed by atoms with Crippen LogP contribution in [0, 0.1) is 12.7 Å². The molecule has 0 saturated heterocycles. The zero-order chi connectivity index (χ0) is 23.4. The third kappa shape index (κ3) is 5.41. The van der Waals surface area contributed by atoms with Crippen LogP contribution in [-0.4, -0.2) is 28.9 Å². The molecule has 2 aromatic heterocycles. The highest BCUT2D eigenvalue weighted by Gasteiger charge is 2.18. The molecule has 4 rings (SSSR count). The highest BCUT2D eigenvalue weighted by Crippen LogP contribution is 2.35. The van der Waals surface area contributed by atoms with Gasteiger partial charge in [-0.05, 0) is 36.8 Å². The van der Waals surface area contributed by atoms with Gasteiger partial charge in [0.2, 0.25) is 5.91 Å². The predicted molar refractivity (Wildman–Crippen MR) is 128 cm³/mol. The van der Waals surface area contributed by atoms with Crippen molar-refractivity contribution >= 4 is 44.8 Å². The number of benzene rings is 2. The van der Waals surface area contributed by atoms with Crippen molar-refractivity contribution in [3.63, 3.8) is 0 Å². The Labute approximate surface area is 197 Å². The normalized spacial score (nSPS) is 10.6. The van der Waals surface area contributed by atoms with Crippen LogP contribution in [-0.2, 0) is 11.2 Å². The maximum atomic E-state index is 13.0. The summed E-state index contributed by atoms with van der Waals surface area (Å²) in [5.41, 5.74) is 2.49. The van der Waals surface area contributed by atoms with Crippen molar-refractivity contribution in [1.29, 1.82) is 0 Å². The van der Waals surface area contributed by atoms with Crippen LogP contribution in [0.3, 0.4) is 0 Å². The molecule has 0 aliphatic carbocycles. The molecule has 33 heavy (non-hydrogen) atoms. The smallest absolute Gasteiger partial charge is 0.261 e. The first-order valence-corrected chi connectivity index (χ1v) is 11.5. The third-order valence-electron chi connectivity index (χ3n) is 4.63. The first-order valence-electron chi connectivity index (χ1n) is 9.85. The number of methoxy groups -OCH3 is 1. The number of ether oxygens (including phenoxy) is 1. The molecule has 0 atom stereocenters. The Morgan fingerprint density at radius 3 is 2.55 bits per heavy atom. The lowest BCUT2D eigenvalue weighted by Gasteiger charge is -2.06. The Hall–Kier alpha value is -3.63. The van der Waals surface area contributed by atoms with Crippen molar-refractivity contribution in [2.45, 2.75) is 13.3 Å². The molecule has 2 aromatic carbocycles. The van der Waals surface area contributed by atoms with Gasteiger partial charge in [-0.1, -0.05) is 35.6 Å². The number of hydrogen-bond donors (Lipinski definition) is 2. The van der Waals surface area contributed by atoms with Crippen LogP contribution >= 0.6 is 22.7 Å². The Kier molecular flexibility index (Phi) is 6.76. The highest BCUT2D eigenvalue weighted by molar-refractivity contribution is 7.20. The first kappa shape index (κ1) is 22.6. The number of rotatable bonds is 7. The largest absolute Gasteiger partial charge is 0.496 e. The number of anilines is 2. The molecule has 2 heterocycles. The summed E-state index contributed by atoms with van der Waals surface area (Å²) >= 11 is 2.59. The van der Waals surface area contributed by atoms with E-state index in [1.54, 1.807) is 36.4 Å². The number of aryl methyl sites for hydroxylation is 1. The fourth-order valence-corrected chi connectivity index (χ4v) is 4.79. The van der Waals surface area contributed by atoms with Gasteiger partial charge in [0.15, 0.2) is 10.3 Å². The van der Waals surface area contributed by atoms with Gasteiger partial charge in [-0.2, -0.15) is 0 Å². The van der Waals surface area contributed by atoms with E-state index in [4.69, 9.17) is 4.74 Å². The molecule has 2 N–H and O–H groups in total. The number of para-hydroxylation sites is 1. The number of halogens is 1. The Morgan fingerprint density at radius 2 is 1.79 bits per heavy atom. The quantitative estimate of drug-likeness (QED) is 0.380. The van der Waals surface area contributed by atoms with Gasteiger partial charge in [0.1, 0.15) is 11.6 Å². The summed E-state index contributed by atoms with van der Waals surface area (Å²) in [5, 5.41) is 8.27. The third-order valence-corrected chi connectivity index (χ3v) is 6.48. The molecule has 0 unspecified atom stereocenters. The number of nitrogens with one attached hydrogen (secondary N) is 2. The molecule has 10 heteroatoms. The van der Waals surface area contributed by atoms with Gasteiger partial charge in [0.25, 0.3) is 5.91 Å². The predicted octanol–water partition coefficient (Wildman–Crippen LogP) is 5.16. The van der Waals surface area contributed by atoms with Gasteiger partial charge >= 0.3 is 0 Å². The maximum absolute atomic E-state index is 13.0. The minimum absolute atomic E-state index is 0.119. The van der Waals surface area contributed by atoms with E-state index in [1.165, 1.54) is 41.9 Å². The van der Waals surface area contributed by atoms with Crippen molar-refractivity contribution in [2.24, 2.45) is 0 Å². The van der Waals surface area contributed by atoms with Gasteiger partial charge in [0.05, 0.1) is 35.4 Å². The second-order valence-electron chi connectivity index (χ2n) is 6.98. The summed E-state index contributed by atoms with van der Waals surface area (Å²) in [6.07, 6.45) is 0.119. The summed E-state index contributed by atoms with van der Waals surface area (Å²) in [7, 11) is 1.51. The highest BCUT2D eigenvalue weighted by atomic mass is 32.1. The zero-order valence-electron chi connectivity index (χ0n) is 17.7. The van der Waals surface area contributed by atoms with Gasteiger partial charge < -0.3 is 10.1 Å². The van der Waals surface area contributed by atoms with E-state index >= 15 is 0 Å². The fraction of sp³-hybridized carbons (Fsp3) is 0.130. The van der Waals surface area contributed by atoms with E-state index in [2.05, 4.69) is 20.6 Å². The number of thiazole rings is 2. The van der Waals surface area contributed by atoms with Crippen molar-refractivity contribution in [3.8, 4) is 16.3 Å². The SMILES string of the molecule is COc1ccccc1C(=O)Nc1nc(C)c(-c2csc(NC(=O)Cc3ccc(F)cc3)n2)s1. The van der Waals surface area contributed by atoms with Crippen LogP contribution in [0.5, 0.6) is 5.75 Å². The molecule has 0 aliphatic heterocycles. The summed E-state index contributed by atoms with van der Waals surface area (Å²) in [6.45, 7) is 1.83. The zero-order valence-corrected chi connectivity index (χ0v) is 19.3. The molecule has 0 saturated carbocycles. The Morgan fingerprint density at radius 1 is 1.03 bits per heavy atom. The van der Waals surface area contributed by atoms with Crippen molar-refractivity contribution in [1.82, 2.24) is 9.97 Å². The average Bonchev–Trinajstić information content (AvgIpc) is 3.41. The molecule has 4 aromatic rings. The number of carbonyl (C=O) groups is 2. The topological polar surface area (TPSA) is 93.2 Å². The van der Waals surface area contributed by atoms with E-state index < -0.39 is 0 Å². The molecule has 0 aliphatic rings. The van der Waals surface area contributed by atoms with E-state index in [0.29, 0.717) is 38.5 Å². The minimum Gasteiger partial charge on any atom is -0.496 e. The van der Waals surface area contributed by atoms with Gasteiger partial charge in [-0.15, -0.1) is 11.3 Å². The minimum atomic E-state index is -0.345. The van der Waals surface area contributed by atoms with E-state index in [1.807, 2.05) is 12.3 Å². The first-order chi connectivity index (χ1) is 15.9. The number of carbonyl (C=O) groups excluding carboxylic acids is 2. The van der Waals surface area contributed by atoms with Gasteiger partial charge in [-0.25, -0.2) is 14.4 Å². The number of nitrogens with zero attached hydrogens (tertiary/aromatic N) is 2. The van der Waals surface area contributed by atoms with Gasteiger partial charge in [-0.3, -0.25) is 14.9 Å². The summed E-state index contributed by atoms with van der Waals surface area (Å²) < 4.78 is 18.3. The second-order valence-corrected chi connectivity index (χ2v) is 8.83.